The lowest BCUT2D eigenvalue weighted by atomic mass is 10.0. The van der Waals surface area contributed by atoms with E-state index >= 15 is 0 Å². The van der Waals surface area contributed by atoms with E-state index in [0.717, 1.165) is 0 Å². The minimum Gasteiger partial charge on any atom is -0.405 e. The monoisotopic (exact) mass is 943 g/mol. The predicted molar refractivity (Wildman–Crippen MR) is 268 cm³/mol. The number of carbonyl (C=O) groups excluding carboxylic acids is 1. The average Bonchev–Trinajstić information content (AvgIpc) is 3.77. The highest BCUT2D eigenvalue weighted by atomic mass is 28.4. The first-order chi connectivity index (χ1) is 31.1. The molecule has 4 aromatic rings. The second-order valence-electron chi connectivity index (χ2n) is 20.4. The normalized spacial score (nSPS) is 22.2. The quantitative estimate of drug-likeness (QED) is 0.0988. The molecule has 0 radical (unpaired) electrons. The number of aliphatic hydroxyl groups excluding tert-OH is 1. The van der Waals surface area contributed by atoms with Gasteiger partial charge in [0.1, 0.15) is 36.6 Å². The zero-order valence-electron chi connectivity index (χ0n) is 42.0. The third-order valence-electron chi connectivity index (χ3n) is 12.8. The van der Waals surface area contributed by atoms with Crippen molar-refractivity contribution in [1.29, 1.82) is 0 Å². The molecule has 0 aromatic heterocycles. The maximum absolute atomic E-state index is 12.6. The first-order valence-corrected chi connectivity index (χ1v) is 27.4. The first kappa shape index (κ1) is 53.6. The molecule has 2 aliphatic rings. The van der Waals surface area contributed by atoms with Crippen molar-refractivity contribution in [1.82, 2.24) is 0 Å². The number of hydrogen-bond donors (Lipinski definition) is 1. The summed E-state index contributed by atoms with van der Waals surface area (Å²) in [5.41, 5.74) is 0. The van der Waals surface area contributed by atoms with E-state index in [4.69, 9.17) is 37.3 Å². The molecule has 12 heteroatoms. The van der Waals surface area contributed by atoms with Gasteiger partial charge in [-0.05, 0) is 64.9 Å². The molecular weight excluding hydrogens is 865 g/mol. The van der Waals surface area contributed by atoms with Crippen LogP contribution in [-0.2, 0) is 42.1 Å². The summed E-state index contributed by atoms with van der Waals surface area (Å²) in [6.45, 7) is 25.4. The predicted octanol–water partition coefficient (Wildman–Crippen LogP) is 7.95. The van der Waals surface area contributed by atoms with E-state index < -0.39 is 64.8 Å². The van der Waals surface area contributed by atoms with E-state index in [2.05, 4.69) is 139 Å². The zero-order valence-corrected chi connectivity index (χ0v) is 44.0. The van der Waals surface area contributed by atoms with Gasteiger partial charge in [-0.25, -0.2) is 0 Å². The molecule has 0 saturated carbocycles. The van der Waals surface area contributed by atoms with Gasteiger partial charge in [-0.1, -0.05) is 177 Å². The van der Waals surface area contributed by atoms with Gasteiger partial charge in [0.25, 0.3) is 16.6 Å². The summed E-state index contributed by atoms with van der Waals surface area (Å²) in [6, 6.07) is 42.1. The molecule has 1 N–H and O–H groups in total. The Labute approximate surface area is 397 Å². The van der Waals surface area contributed by atoms with Gasteiger partial charge in [0, 0.05) is 20.6 Å². The lowest BCUT2D eigenvalue weighted by molar-refractivity contribution is -0.167. The number of ketones is 1. The summed E-state index contributed by atoms with van der Waals surface area (Å²) in [5.74, 6) is -1.61. The van der Waals surface area contributed by atoms with Crippen LogP contribution in [-0.4, -0.2) is 109 Å². The Bertz CT molecular complexity index is 1990. The fourth-order valence-electron chi connectivity index (χ4n) is 9.85. The molecule has 362 valence electrons. The van der Waals surface area contributed by atoms with Crippen molar-refractivity contribution in [3.8, 4) is 0 Å². The lowest BCUT2D eigenvalue weighted by Gasteiger charge is -2.43. The molecule has 0 aliphatic carbocycles. The number of methoxy groups -OCH3 is 2. The standard InChI is InChI=1S/C27H40O5Si.C27H38O5Si/c2*1-8-22(28)24(29-7)25-23(31-27(5,6)32-25)19-30-33(26(2,3)4,20-15-11-9-12-16-20)21-17-13-10-14-18-21/h9-18,22-25,28H,8,19H2,1-7H3;9-18,23-25H,8,19H2,1-7H3/t22-,23?,24?,25?;/m0./s1. The van der Waals surface area contributed by atoms with Crippen molar-refractivity contribution in [2.45, 2.75) is 160 Å². The fourth-order valence-corrected chi connectivity index (χ4v) is 19.0. The molecule has 66 heavy (non-hydrogen) atoms. The van der Waals surface area contributed by atoms with E-state index in [0.29, 0.717) is 26.1 Å². The third kappa shape index (κ3) is 11.9. The second-order valence-corrected chi connectivity index (χ2v) is 29.0. The van der Waals surface area contributed by atoms with Crippen LogP contribution >= 0.6 is 0 Å². The molecule has 6 unspecified atom stereocenters. The Morgan fingerprint density at radius 2 is 0.909 bits per heavy atom. The van der Waals surface area contributed by atoms with Gasteiger partial charge in [-0.15, -0.1) is 0 Å². The van der Waals surface area contributed by atoms with Crippen LogP contribution in [0, 0.1) is 0 Å². The lowest BCUT2D eigenvalue weighted by Crippen LogP contribution is -2.67. The van der Waals surface area contributed by atoms with E-state index in [1.165, 1.54) is 20.7 Å². The number of hydrogen-bond acceptors (Lipinski definition) is 10. The van der Waals surface area contributed by atoms with Crippen LogP contribution in [0.2, 0.25) is 10.1 Å². The third-order valence-corrected chi connectivity index (χ3v) is 22.8. The number of Topliss-reactive ketones (excluding diaryl/α,β-unsaturated/α-hetero) is 1. The maximum Gasteiger partial charge on any atom is 0.261 e. The van der Waals surface area contributed by atoms with Crippen LogP contribution in [0.15, 0.2) is 121 Å². The summed E-state index contributed by atoms with van der Waals surface area (Å²) >= 11 is 0. The van der Waals surface area contributed by atoms with E-state index in [1.54, 1.807) is 14.2 Å². The second kappa shape index (κ2) is 22.4. The smallest absolute Gasteiger partial charge is 0.261 e. The summed E-state index contributed by atoms with van der Waals surface area (Å²) in [6.07, 6.45) is -2.65. The minimum absolute atomic E-state index is 0.000696. The molecule has 7 atom stereocenters. The highest BCUT2D eigenvalue weighted by molar-refractivity contribution is 7.00. The molecule has 2 heterocycles. The topological polar surface area (TPSA) is 111 Å². The van der Waals surface area contributed by atoms with Crippen molar-refractivity contribution >= 4 is 43.2 Å². The van der Waals surface area contributed by atoms with Crippen LogP contribution in [0.3, 0.4) is 0 Å². The molecule has 0 amide bonds. The molecular formula is C54H78O10Si2. The van der Waals surface area contributed by atoms with Gasteiger partial charge in [0.2, 0.25) is 0 Å². The Balaban J connectivity index is 0.000000247. The van der Waals surface area contributed by atoms with Crippen molar-refractivity contribution in [3.05, 3.63) is 121 Å². The first-order valence-electron chi connectivity index (χ1n) is 23.6. The molecule has 0 bridgehead atoms. The Kier molecular flexibility index (Phi) is 18.2. The number of ether oxygens (including phenoxy) is 6. The number of benzene rings is 4. The SMILES string of the molecule is CCC(=O)C(OC)C1OC(C)(C)OC1CO[Si](c1ccccc1)(c1ccccc1)C(C)(C)C.CC[C@H](O)C(OC)C1OC(C)(C)OC1CO[Si](c1ccccc1)(c1ccccc1)C(C)(C)C. The zero-order chi connectivity index (χ0) is 48.6. The van der Waals surface area contributed by atoms with Crippen LogP contribution in [0.1, 0.15) is 95.9 Å². The minimum atomic E-state index is -2.73. The maximum atomic E-state index is 12.6. The molecule has 6 rings (SSSR count). The molecule has 10 nitrogen and oxygen atoms in total. The number of rotatable bonds is 18. The van der Waals surface area contributed by atoms with Crippen molar-refractivity contribution in [3.63, 3.8) is 0 Å². The summed E-state index contributed by atoms with van der Waals surface area (Å²) in [5, 5.41) is 15.1. The Morgan fingerprint density at radius 1 is 0.576 bits per heavy atom. The van der Waals surface area contributed by atoms with Crippen molar-refractivity contribution in [2.24, 2.45) is 0 Å². The van der Waals surface area contributed by atoms with Gasteiger partial charge in [-0.3, -0.25) is 4.79 Å². The molecule has 2 fully saturated rings. The fraction of sp³-hybridized carbons (Fsp3) is 0.537. The molecule has 2 aliphatic heterocycles. The van der Waals surface area contributed by atoms with Gasteiger partial charge in [0.15, 0.2) is 17.4 Å². The number of carbonyl (C=O) groups is 1. The van der Waals surface area contributed by atoms with Gasteiger partial charge < -0.3 is 42.4 Å². The Morgan fingerprint density at radius 3 is 1.20 bits per heavy atom. The van der Waals surface area contributed by atoms with E-state index in [9.17, 15) is 9.90 Å². The highest BCUT2D eigenvalue weighted by Gasteiger charge is 2.55. The van der Waals surface area contributed by atoms with Gasteiger partial charge >= 0.3 is 0 Å². The summed E-state index contributed by atoms with van der Waals surface area (Å²) in [7, 11) is -2.29. The highest BCUT2D eigenvalue weighted by Crippen LogP contribution is 2.41. The van der Waals surface area contributed by atoms with Crippen LogP contribution in [0.5, 0.6) is 0 Å². The van der Waals surface area contributed by atoms with Crippen LogP contribution < -0.4 is 20.7 Å². The molecule has 2 saturated heterocycles. The molecule has 4 aromatic carbocycles. The summed E-state index contributed by atoms with van der Waals surface area (Å²) < 4.78 is 50.3. The van der Waals surface area contributed by atoms with Gasteiger partial charge in [-0.2, -0.15) is 0 Å². The van der Waals surface area contributed by atoms with Crippen molar-refractivity contribution < 1.29 is 47.2 Å². The van der Waals surface area contributed by atoms with Crippen LogP contribution in [0.4, 0.5) is 0 Å². The van der Waals surface area contributed by atoms with Crippen molar-refractivity contribution in [2.75, 3.05) is 27.4 Å². The molecule has 0 spiro atoms. The van der Waals surface area contributed by atoms with E-state index in [-0.39, 0.29) is 22.0 Å². The van der Waals surface area contributed by atoms with E-state index in [1.807, 2.05) is 65.8 Å². The summed E-state index contributed by atoms with van der Waals surface area (Å²) in [4.78, 5) is 12.6. The number of aliphatic hydroxyl groups is 1. The van der Waals surface area contributed by atoms with Crippen LogP contribution in [0.25, 0.3) is 0 Å². The largest absolute Gasteiger partial charge is 0.405 e. The average molecular weight is 943 g/mol. The van der Waals surface area contributed by atoms with Gasteiger partial charge in [0.05, 0.1) is 19.3 Å². The Hall–Kier alpha value is -3.38.